The van der Waals surface area contributed by atoms with Crippen molar-refractivity contribution in [2.75, 3.05) is 7.11 Å². The van der Waals surface area contributed by atoms with Crippen LogP contribution >= 0.6 is 0 Å². The van der Waals surface area contributed by atoms with Crippen molar-refractivity contribution in [1.29, 1.82) is 0 Å². The third-order valence-electron chi connectivity index (χ3n) is 4.77. The monoisotopic (exact) mass is 313 g/mol. The van der Waals surface area contributed by atoms with Gasteiger partial charge in [0.2, 0.25) is 0 Å². The largest absolute Gasteiger partial charge is 0.508 e. The summed E-state index contributed by atoms with van der Waals surface area (Å²) in [5.74, 6) is 1.15. The highest BCUT2D eigenvalue weighted by Crippen LogP contribution is 2.36. The normalized spacial score (nSPS) is 11.7. The molecule has 0 bridgehead atoms. The second-order valence-electron chi connectivity index (χ2n) is 6.09. The van der Waals surface area contributed by atoms with Crippen LogP contribution in [0.15, 0.2) is 60.7 Å². The molecule has 0 unspecified atom stereocenters. The number of hydrogen-bond donors (Lipinski definition) is 2. The number of phenolic OH excluding ortho intramolecular Hbond substituents is 1. The molecule has 24 heavy (non-hydrogen) atoms. The zero-order valence-electron chi connectivity index (χ0n) is 13.1. The SMILES string of the molecule is COc1ccc2c(ccc3c4ccc5cc(O)ccc5c4[nH]c23)c1. The number of hydrogen-bond acceptors (Lipinski definition) is 2. The Bertz CT molecular complexity index is 1250. The van der Waals surface area contributed by atoms with Crippen LogP contribution in [0.25, 0.3) is 43.4 Å². The quantitative estimate of drug-likeness (QED) is 0.438. The van der Waals surface area contributed by atoms with Crippen LogP contribution in [0.5, 0.6) is 11.5 Å². The number of H-pyrrole nitrogens is 1. The molecule has 5 aromatic rings. The van der Waals surface area contributed by atoms with Gasteiger partial charge in [0.1, 0.15) is 11.5 Å². The minimum Gasteiger partial charge on any atom is -0.508 e. The molecule has 0 aliphatic rings. The molecular weight excluding hydrogens is 298 g/mol. The first kappa shape index (κ1) is 13.3. The molecule has 3 heteroatoms. The fourth-order valence-electron chi connectivity index (χ4n) is 3.60. The fraction of sp³-hybridized carbons (Fsp3) is 0.0476. The van der Waals surface area contributed by atoms with Gasteiger partial charge >= 0.3 is 0 Å². The predicted molar refractivity (Wildman–Crippen MR) is 99.0 cm³/mol. The first-order valence-electron chi connectivity index (χ1n) is 7.88. The molecule has 1 heterocycles. The molecule has 3 nitrogen and oxygen atoms in total. The van der Waals surface area contributed by atoms with E-state index in [0.717, 1.165) is 32.9 Å². The summed E-state index contributed by atoms with van der Waals surface area (Å²) >= 11 is 0. The molecule has 0 amide bonds. The van der Waals surface area contributed by atoms with E-state index in [1.807, 2.05) is 12.1 Å². The maximum atomic E-state index is 9.71. The maximum Gasteiger partial charge on any atom is 0.119 e. The molecule has 0 atom stereocenters. The van der Waals surface area contributed by atoms with Crippen LogP contribution in [-0.4, -0.2) is 17.2 Å². The molecule has 0 saturated carbocycles. The summed E-state index contributed by atoms with van der Waals surface area (Å²) in [6, 6.07) is 20.1. The van der Waals surface area contributed by atoms with Crippen molar-refractivity contribution in [3.8, 4) is 11.5 Å². The second kappa shape index (κ2) is 4.65. The summed E-state index contributed by atoms with van der Waals surface area (Å²) in [6.07, 6.45) is 0. The van der Waals surface area contributed by atoms with E-state index in [0.29, 0.717) is 0 Å². The van der Waals surface area contributed by atoms with Gasteiger partial charge < -0.3 is 14.8 Å². The van der Waals surface area contributed by atoms with Gasteiger partial charge in [-0.15, -0.1) is 0 Å². The lowest BCUT2D eigenvalue weighted by Gasteiger charge is -2.03. The van der Waals surface area contributed by atoms with Gasteiger partial charge in [-0.25, -0.2) is 0 Å². The third kappa shape index (κ3) is 1.72. The van der Waals surface area contributed by atoms with E-state index in [2.05, 4.69) is 41.4 Å². The second-order valence-corrected chi connectivity index (χ2v) is 6.09. The number of nitrogens with one attached hydrogen (secondary N) is 1. The van der Waals surface area contributed by atoms with Gasteiger partial charge in [0.05, 0.1) is 18.1 Å². The van der Waals surface area contributed by atoms with Gasteiger partial charge in [-0.1, -0.05) is 24.3 Å². The molecule has 2 N–H and O–H groups in total. The summed E-state index contributed by atoms with van der Waals surface area (Å²) in [4.78, 5) is 3.60. The highest BCUT2D eigenvalue weighted by molar-refractivity contribution is 6.22. The molecule has 1 aromatic heterocycles. The van der Waals surface area contributed by atoms with E-state index in [4.69, 9.17) is 4.74 Å². The van der Waals surface area contributed by atoms with Crippen molar-refractivity contribution < 1.29 is 9.84 Å². The number of fused-ring (bicyclic) bond motifs is 7. The Morgan fingerprint density at radius 3 is 1.96 bits per heavy atom. The van der Waals surface area contributed by atoms with E-state index in [-0.39, 0.29) is 5.75 Å². The molecule has 0 aliphatic heterocycles. The lowest BCUT2D eigenvalue weighted by Crippen LogP contribution is -1.82. The number of ether oxygens (including phenoxy) is 1. The van der Waals surface area contributed by atoms with Crippen molar-refractivity contribution in [2.45, 2.75) is 0 Å². The van der Waals surface area contributed by atoms with Crippen molar-refractivity contribution in [3.05, 3.63) is 60.7 Å². The average Bonchev–Trinajstić information content (AvgIpc) is 3.00. The van der Waals surface area contributed by atoms with Crippen LogP contribution in [0.3, 0.4) is 0 Å². The van der Waals surface area contributed by atoms with E-state index in [9.17, 15) is 5.11 Å². The predicted octanol–water partition coefficient (Wildman–Crippen LogP) is 5.34. The van der Waals surface area contributed by atoms with Crippen molar-refractivity contribution in [3.63, 3.8) is 0 Å². The lowest BCUT2D eigenvalue weighted by atomic mass is 10.0. The molecule has 4 aromatic carbocycles. The van der Waals surface area contributed by atoms with Crippen LogP contribution in [0.1, 0.15) is 0 Å². The number of aromatic nitrogens is 1. The Morgan fingerprint density at radius 1 is 0.708 bits per heavy atom. The van der Waals surface area contributed by atoms with E-state index in [1.165, 1.54) is 16.2 Å². The van der Waals surface area contributed by atoms with Crippen molar-refractivity contribution in [2.24, 2.45) is 0 Å². The summed E-state index contributed by atoms with van der Waals surface area (Å²) in [5, 5.41) is 16.6. The molecular formula is C21H15NO2. The third-order valence-corrected chi connectivity index (χ3v) is 4.77. The van der Waals surface area contributed by atoms with Crippen LogP contribution in [0.4, 0.5) is 0 Å². The minimum atomic E-state index is 0.288. The summed E-state index contributed by atoms with van der Waals surface area (Å²) in [6.45, 7) is 0. The smallest absolute Gasteiger partial charge is 0.119 e. The number of rotatable bonds is 1. The topological polar surface area (TPSA) is 45.2 Å². The molecule has 0 radical (unpaired) electrons. The van der Waals surface area contributed by atoms with Crippen molar-refractivity contribution in [1.82, 2.24) is 4.98 Å². The van der Waals surface area contributed by atoms with E-state index >= 15 is 0 Å². The molecule has 116 valence electrons. The van der Waals surface area contributed by atoms with E-state index in [1.54, 1.807) is 19.2 Å². The zero-order valence-corrected chi connectivity index (χ0v) is 13.1. The minimum absolute atomic E-state index is 0.288. The molecule has 0 saturated heterocycles. The standard InChI is InChI=1S/C21H15NO2/c1-24-15-5-9-17-13(11-15)3-7-19-18-6-2-12-10-14(23)4-8-16(12)20(18)22-21(17)19/h2-11,22-23H,1H3. The number of aromatic hydroxyl groups is 1. The maximum absolute atomic E-state index is 9.71. The number of phenols is 1. The highest BCUT2D eigenvalue weighted by atomic mass is 16.5. The van der Waals surface area contributed by atoms with Crippen LogP contribution in [-0.2, 0) is 0 Å². The van der Waals surface area contributed by atoms with Crippen LogP contribution < -0.4 is 4.74 Å². The van der Waals surface area contributed by atoms with Gasteiger partial charge in [0.15, 0.2) is 0 Å². The lowest BCUT2D eigenvalue weighted by molar-refractivity contribution is 0.415. The zero-order chi connectivity index (χ0) is 16.3. The Labute approximate surface area is 138 Å². The highest BCUT2D eigenvalue weighted by Gasteiger charge is 2.11. The van der Waals surface area contributed by atoms with Crippen LogP contribution in [0, 0.1) is 0 Å². The molecule has 0 aliphatic carbocycles. The van der Waals surface area contributed by atoms with Crippen molar-refractivity contribution >= 4 is 43.4 Å². The number of aromatic amines is 1. The Morgan fingerprint density at radius 2 is 1.29 bits per heavy atom. The summed E-state index contributed by atoms with van der Waals surface area (Å²) in [5.41, 5.74) is 2.23. The van der Waals surface area contributed by atoms with Gasteiger partial charge in [0, 0.05) is 21.5 Å². The van der Waals surface area contributed by atoms with Gasteiger partial charge in [0.25, 0.3) is 0 Å². The van der Waals surface area contributed by atoms with Crippen LogP contribution in [0.2, 0.25) is 0 Å². The molecule has 5 rings (SSSR count). The Hall–Kier alpha value is -3.20. The molecule has 0 spiro atoms. The van der Waals surface area contributed by atoms with Gasteiger partial charge in [-0.05, 0) is 47.2 Å². The number of benzene rings is 4. The first-order chi connectivity index (χ1) is 11.7. The van der Waals surface area contributed by atoms with Gasteiger partial charge in [-0.2, -0.15) is 0 Å². The number of methoxy groups -OCH3 is 1. The Balaban J connectivity index is 1.95. The Kier molecular flexibility index (Phi) is 2.57. The van der Waals surface area contributed by atoms with E-state index < -0.39 is 0 Å². The first-order valence-corrected chi connectivity index (χ1v) is 7.88. The summed E-state index contributed by atoms with van der Waals surface area (Å²) < 4.78 is 5.33. The summed E-state index contributed by atoms with van der Waals surface area (Å²) in [7, 11) is 1.68. The fourth-order valence-corrected chi connectivity index (χ4v) is 3.60. The average molecular weight is 313 g/mol. The van der Waals surface area contributed by atoms with Gasteiger partial charge in [-0.3, -0.25) is 0 Å². The molecule has 0 fully saturated rings.